The summed E-state index contributed by atoms with van der Waals surface area (Å²) in [6.45, 7) is 13.1. The average Bonchev–Trinajstić information content (AvgIpc) is 3.98. The van der Waals surface area contributed by atoms with E-state index in [-0.39, 0.29) is 12.4 Å². The monoisotopic (exact) mass is 745 g/mol. The second-order valence-corrected chi connectivity index (χ2v) is 16.5. The zero-order valence-corrected chi connectivity index (χ0v) is 33.0. The SMILES string of the molecule is Cc1cccc(C)c1B1N(C)c2c(cc(Oc3ccc4c(c3)n(-c3cc(C(C)(C)C)ccn3)c3nc5c(C)cccc5n43)c3oc4ccccc4c23)-c2nccn21. The summed E-state index contributed by atoms with van der Waals surface area (Å²) in [5, 5.41) is 2.03. The fraction of sp³-hybridized carbons (Fsp3) is 0.170. The highest BCUT2D eigenvalue weighted by Gasteiger charge is 2.39. The lowest BCUT2D eigenvalue weighted by Gasteiger charge is -2.36. The Kier molecular flexibility index (Phi) is 6.97. The van der Waals surface area contributed by atoms with Gasteiger partial charge in [0, 0.05) is 41.3 Å². The van der Waals surface area contributed by atoms with E-state index in [4.69, 9.17) is 24.1 Å². The molecule has 0 aliphatic carbocycles. The molecule has 0 N–H and O–H groups in total. The molecular weight excluding hydrogens is 705 g/mol. The van der Waals surface area contributed by atoms with Gasteiger partial charge in [-0.15, -0.1) is 0 Å². The van der Waals surface area contributed by atoms with Crippen molar-refractivity contribution in [3.63, 3.8) is 0 Å². The zero-order chi connectivity index (χ0) is 38.9. The summed E-state index contributed by atoms with van der Waals surface area (Å²) in [5.74, 6) is 3.76. The van der Waals surface area contributed by atoms with Crippen LogP contribution in [0, 0.1) is 20.8 Å². The summed E-state index contributed by atoms with van der Waals surface area (Å²) in [6, 6.07) is 33.7. The number of ether oxygens (including phenoxy) is 1. The van der Waals surface area contributed by atoms with Gasteiger partial charge >= 0.3 is 6.98 Å². The van der Waals surface area contributed by atoms with Gasteiger partial charge in [0.15, 0.2) is 11.3 Å². The molecule has 0 fully saturated rings. The van der Waals surface area contributed by atoms with E-state index in [2.05, 4.69) is 152 Å². The molecule has 11 rings (SSSR count). The maximum atomic E-state index is 7.01. The molecule has 9 nitrogen and oxygen atoms in total. The van der Waals surface area contributed by atoms with Gasteiger partial charge in [-0.05, 0) is 92.3 Å². The number of benzene rings is 5. The molecule has 0 unspecified atom stereocenters. The minimum Gasteiger partial charge on any atom is -0.453 e. The molecule has 0 bridgehead atoms. The smallest absolute Gasteiger partial charge is 0.417 e. The van der Waals surface area contributed by atoms with Crippen LogP contribution < -0.4 is 15.0 Å². The van der Waals surface area contributed by atoms with Gasteiger partial charge < -0.3 is 18.4 Å². The Bertz CT molecular complexity index is 3270. The van der Waals surface area contributed by atoms with E-state index in [1.165, 1.54) is 22.2 Å². The molecule has 57 heavy (non-hydrogen) atoms. The van der Waals surface area contributed by atoms with Crippen molar-refractivity contribution in [1.82, 2.24) is 28.4 Å². The molecule has 10 aromatic rings. The van der Waals surface area contributed by atoms with E-state index >= 15 is 0 Å². The first-order chi connectivity index (χ1) is 27.6. The van der Waals surface area contributed by atoms with Crippen LogP contribution in [0.15, 0.2) is 120 Å². The normalized spacial score (nSPS) is 13.1. The van der Waals surface area contributed by atoms with Crippen LogP contribution in [-0.2, 0) is 5.41 Å². The Hall–Kier alpha value is -6.81. The molecule has 1 aliphatic heterocycles. The summed E-state index contributed by atoms with van der Waals surface area (Å²) in [7, 11) is 2.17. The summed E-state index contributed by atoms with van der Waals surface area (Å²) < 4.78 is 20.4. The van der Waals surface area contributed by atoms with Crippen molar-refractivity contribution in [2.45, 2.75) is 47.0 Å². The van der Waals surface area contributed by atoms with E-state index < -0.39 is 0 Å². The number of imidazole rings is 3. The van der Waals surface area contributed by atoms with Gasteiger partial charge in [-0.25, -0.2) is 15.0 Å². The predicted octanol–water partition coefficient (Wildman–Crippen LogP) is 10.3. The molecule has 0 amide bonds. The van der Waals surface area contributed by atoms with Crippen LogP contribution in [-0.4, -0.2) is 42.4 Å². The molecule has 0 saturated heterocycles. The van der Waals surface area contributed by atoms with Gasteiger partial charge in [-0.3, -0.25) is 8.97 Å². The molecular formula is C47H40BN7O2. The lowest BCUT2D eigenvalue weighted by atomic mass is 9.60. The van der Waals surface area contributed by atoms with Crippen molar-refractivity contribution in [3.8, 4) is 28.7 Å². The van der Waals surface area contributed by atoms with Crippen molar-refractivity contribution in [3.05, 3.63) is 138 Å². The van der Waals surface area contributed by atoms with Crippen molar-refractivity contribution in [2.24, 2.45) is 0 Å². The molecule has 0 saturated carbocycles. The van der Waals surface area contributed by atoms with Crippen LogP contribution in [0.2, 0.25) is 0 Å². The van der Waals surface area contributed by atoms with Gasteiger partial charge in [0.05, 0.1) is 27.5 Å². The first kappa shape index (κ1) is 33.5. The second-order valence-electron chi connectivity index (χ2n) is 16.5. The van der Waals surface area contributed by atoms with Gasteiger partial charge in [0.2, 0.25) is 5.78 Å². The summed E-state index contributed by atoms with van der Waals surface area (Å²) in [5.41, 5.74) is 13.5. The molecule has 0 radical (unpaired) electrons. The summed E-state index contributed by atoms with van der Waals surface area (Å²) >= 11 is 0. The van der Waals surface area contributed by atoms with E-state index in [0.29, 0.717) is 17.1 Å². The number of hydrogen-bond donors (Lipinski definition) is 0. The first-order valence-corrected chi connectivity index (χ1v) is 19.4. The Morgan fingerprint density at radius 3 is 2.37 bits per heavy atom. The minimum atomic E-state index is -0.0980. The third-order valence-electron chi connectivity index (χ3n) is 11.8. The van der Waals surface area contributed by atoms with Gasteiger partial charge in [-0.2, -0.15) is 0 Å². The Labute approximate surface area is 329 Å². The number of nitrogens with zero attached hydrogens (tertiary/aromatic N) is 7. The van der Waals surface area contributed by atoms with E-state index in [0.717, 1.165) is 72.7 Å². The minimum absolute atomic E-state index is 0.0616. The van der Waals surface area contributed by atoms with Crippen molar-refractivity contribution in [2.75, 3.05) is 11.9 Å². The van der Waals surface area contributed by atoms with Crippen LogP contribution in [0.1, 0.15) is 43.0 Å². The molecule has 6 heterocycles. The molecule has 0 atom stereocenters. The van der Waals surface area contributed by atoms with Gasteiger partial charge in [0.1, 0.15) is 23.0 Å². The van der Waals surface area contributed by atoms with Crippen LogP contribution in [0.25, 0.3) is 67.0 Å². The number of pyridine rings is 1. The zero-order valence-electron chi connectivity index (χ0n) is 33.0. The predicted molar refractivity (Wildman–Crippen MR) is 231 cm³/mol. The Morgan fingerprint density at radius 1 is 0.754 bits per heavy atom. The number of hydrogen-bond acceptors (Lipinski definition) is 6. The molecule has 10 heteroatoms. The highest BCUT2D eigenvalue weighted by atomic mass is 16.5. The lowest BCUT2D eigenvalue weighted by Crippen LogP contribution is -2.56. The average molecular weight is 746 g/mol. The number of fused-ring (bicyclic) bond motifs is 12. The van der Waals surface area contributed by atoms with Crippen LogP contribution in [0.4, 0.5) is 5.69 Å². The van der Waals surface area contributed by atoms with Crippen LogP contribution in [0.3, 0.4) is 0 Å². The lowest BCUT2D eigenvalue weighted by molar-refractivity contribution is 0.477. The van der Waals surface area contributed by atoms with Crippen molar-refractivity contribution in [1.29, 1.82) is 0 Å². The van der Waals surface area contributed by atoms with Crippen molar-refractivity contribution >= 4 is 67.9 Å². The number of anilines is 1. The molecule has 0 spiro atoms. The van der Waals surface area contributed by atoms with Gasteiger partial charge in [0.25, 0.3) is 0 Å². The fourth-order valence-electron chi connectivity index (χ4n) is 9.08. The topological polar surface area (TPSA) is 78.6 Å². The Morgan fingerprint density at radius 2 is 1.54 bits per heavy atom. The maximum Gasteiger partial charge on any atom is 0.417 e. The fourth-order valence-corrected chi connectivity index (χ4v) is 9.08. The highest BCUT2D eigenvalue weighted by molar-refractivity contribution is 6.77. The van der Waals surface area contributed by atoms with Crippen LogP contribution in [0.5, 0.6) is 11.5 Å². The number of para-hydroxylation sites is 2. The van der Waals surface area contributed by atoms with E-state index in [1.54, 1.807) is 0 Å². The van der Waals surface area contributed by atoms with E-state index in [1.807, 2.05) is 30.6 Å². The third-order valence-corrected chi connectivity index (χ3v) is 11.8. The Balaban J connectivity index is 1.14. The largest absolute Gasteiger partial charge is 0.453 e. The number of aryl methyl sites for hydroxylation is 3. The highest BCUT2D eigenvalue weighted by Crippen LogP contribution is 2.49. The molecule has 5 aromatic heterocycles. The second kappa shape index (κ2) is 11.9. The first-order valence-electron chi connectivity index (χ1n) is 19.4. The quantitative estimate of drug-likeness (QED) is 0.167. The number of rotatable bonds is 4. The molecule has 278 valence electrons. The maximum absolute atomic E-state index is 7.01. The van der Waals surface area contributed by atoms with Crippen LogP contribution >= 0.6 is 0 Å². The van der Waals surface area contributed by atoms with Gasteiger partial charge in [-0.1, -0.05) is 80.4 Å². The van der Waals surface area contributed by atoms with E-state index in [9.17, 15) is 0 Å². The van der Waals surface area contributed by atoms with Crippen molar-refractivity contribution < 1.29 is 9.15 Å². The molecule has 5 aromatic carbocycles. The number of aromatic nitrogens is 6. The standard InChI is InChI=1S/C47H40BN7O2/c1-27-12-10-13-28(2)41(27)48-52(7)43-33(45-50-22-23-53(45)48)26-38(44-40(43)32-15-8-9-17-37(32)57-44)56-31-18-19-34-36(25-31)55(39-24-30(20-21-49-39)47(4,5)6)46-51-42-29(3)14-11-16-35(42)54(34)46/h8-26H,1-7H3. The molecule has 1 aliphatic rings. The number of furan rings is 1. The summed E-state index contributed by atoms with van der Waals surface area (Å²) in [4.78, 5) is 17.5. The third kappa shape index (κ3) is 4.79. The summed E-state index contributed by atoms with van der Waals surface area (Å²) in [6.07, 6.45) is 5.86.